The minimum absolute atomic E-state index is 0.833. The van der Waals surface area contributed by atoms with Crippen molar-refractivity contribution in [1.29, 1.82) is 0 Å². The van der Waals surface area contributed by atoms with Crippen LogP contribution in [0.5, 0.6) is 0 Å². The van der Waals surface area contributed by atoms with E-state index >= 15 is 0 Å². The average molecular weight is 86.1 g/mol. The molecule has 0 N–H and O–H groups in total. The third-order valence-electron chi connectivity index (χ3n) is 0.695. The molecule has 1 nitrogen and oxygen atoms in total. The summed E-state index contributed by atoms with van der Waals surface area (Å²) in [7, 11) is 0. The molecule has 0 fully saturated rings. The summed E-state index contributed by atoms with van der Waals surface area (Å²) in [5, 5.41) is 10.4. The van der Waals surface area contributed by atoms with Crippen LogP contribution in [-0.4, -0.2) is 5.60 Å². The fourth-order valence-electron chi connectivity index (χ4n) is 0. The lowest BCUT2D eigenvalue weighted by molar-refractivity contribution is 0.0345. The zero-order valence-corrected chi connectivity index (χ0v) is 4.49. The van der Waals surface area contributed by atoms with Crippen molar-refractivity contribution in [2.75, 3.05) is 0 Å². The molecule has 0 aromatic rings. The molecule has 6 heavy (non-hydrogen) atoms. The Morgan fingerprint density at radius 1 is 1.50 bits per heavy atom. The van der Waals surface area contributed by atoms with Gasteiger partial charge in [0.15, 0.2) is 0 Å². The molecule has 0 aliphatic rings. The standard InChI is InChI=1S/C5H10O/c1-4-5(2,3)6/h4H,1-3H3. The van der Waals surface area contributed by atoms with Crippen LogP contribution in [0.15, 0.2) is 0 Å². The zero-order chi connectivity index (χ0) is 5.21. The van der Waals surface area contributed by atoms with Gasteiger partial charge in [-0.3, -0.25) is 0 Å². The van der Waals surface area contributed by atoms with Gasteiger partial charge in [0.05, 0.1) is 0 Å². The molecule has 0 spiro atoms. The highest BCUT2D eigenvalue weighted by molar-refractivity contribution is 4.78. The molecule has 0 rings (SSSR count). The molecule has 36 valence electrons. The van der Waals surface area contributed by atoms with E-state index in [1.54, 1.807) is 27.2 Å². The quantitative estimate of drug-likeness (QED) is 0.460. The molecule has 0 aromatic carbocycles. The highest BCUT2D eigenvalue weighted by Crippen LogP contribution is 2.03. The number of rotatable bonds is 1. The molecular formula is C5H10O. The minimum Gasteiger partial charge on any atom is -0.230 e. The Morgan fingerprint density at radius 2 is 1.67 bits per heavy atom. The van der Waals surface area contributed by atoms with Gasteiger partial charge in [-0.1, -0.05) is 6.92 Å². The Bertz CT molecular complexity index is 33.7. The summed E-state index contributed by atoms with van der Waals surface area (Å²) in [6, 6.07) is 0. The third-order valence-corrected chi connectivity index (χ3v) is 0.695. The first-order valence-electron chi connectivity index (χ1n) is 2.07. The van der Waals surface area contributed by atoms with Crippen LogP contribution in [0.3, 0.4) is 0 Å². The van der Waals surface area contributed by atoms with Gasteiger partial charge in [-0.05, 0) is 20.3 Å². The van der Waals surface area contributed by atoms with E-state index in [-0.39, 0.29) is 0 Å². The van der Waals surface area contributed by atoms with Crippen molar-refractivity contribution in [2.24, 2.45) is 0 Å². The number of hydrogen-bond donors (Lipinski definition) is 0. The van der Waals surface area contributed by atoms with Gasteiger partial charge >= 0.3 is 0 Å². The van der Waals surface area contributed by atoms with Gasteiger partial charge in [0, 0.05) is 0 Å². The predicted molar refractivity (Wildman–Crippen MR) is 24.7 cm³/mol. The summed E-state index contributed by atoms with van der Waals surface area (Å²) in [6.07, 6.45) is 1.63. The summed E-state index contributed by atoms with van der Waals surface area (Å²) >= 11 is 0. The number of hydrogen-bond acceptors (Lipinski definition) is 0. The Morgan fingerprint density at radius 3 is 1.67 bits per heavy atom. The van der Waals surface area contributed by atoms with Crippen LogP contribution in [-0.2, 0) is 5.11 Å². The van der Waals surface area contributed by atoms with Crippen LogP contribution in [0.1, 0.15) is 20.8 Å². The molecule has 2 radical (unpaired) electrons. The first-order chi connectivity index (χ1) is 2.56. The maximum atomic E-state index is 10.4. The van der Waals surface area contributed by atoms with Gasteiger partial charge in [0.1, 0.15) is 5.60 Å². The fraction of sp³-hybridized carbons (Fsp3) is 0.800. The smallest absolute Gasteiger partial charge is 0.101 e. The van der Waals surface area contributed by atoms with Crippen LogP contribution in [0.4, 0.5) is 0 Å². The van der Waals surface area contributed by atoms with E-state index in [2.05, 4.69) is 0 Å². The molecule has 0 atom stereocenters. The third kappa shape index (κ3) is 3.96. The summed E-state index contributed by atoms with van der Waals surface area (Å²) in [4.78, 5) is 0. The van der Waals surface area contributed by atoms with Crippen LogP contribution < -0.4 is 0 Å². The van der Waals surface area contributed by atoms with E-state index in [0.717, 1.165) is 0 Å². The second-order valence-corrected chi connectivity index (χ2v) is 1.89. The Balaban J connectivity index is 3.17. The second kappa shape index (κ2) is 1.61. The maximum Gasteiger partial charge on any atom is 0.101 e. The van der Waals surface area contributed by atoms with Crippen molar-refractivity contribution >= 4 is 0 Å². The van der Waals surface area contributed by atoms with Crippen molar-refractivity contribution in [3.05, 3.63) is 6.42 Å². The Labute approximate surface area is 39.0 Å². The summed E-state index contributed by atoms with van der Waals surface area (Å²) < 4.78 is 0. The molecule has 0 bridgehead atoms. The lowest BCUT2D eigenvalue weighted by Gasteiger charge is -2.07. The topological polar surface area (TPSA) is 19.9 Å². The van der Waals surface area contributed by atoms with Gasteiger partial charge in [-0.25, -0.2) is 5.11 Å². The maximum absolute atomic E-state index is 10.4. The van der Waals surface area contributed by atoms with E-state index in [1.165, 1.54) is 0 Å². The van der Waals surface area contributed by atoms with Crippen LogP contribution in [0.25, 0.3) is 0 Å². The zero-order valence-electron chi connectivity index (χ0n) is 4.49. The molecule has 0 aliphatic heterocycles. The molecule has 1 heteroatoms. The van der Waals surface area contributed by atoms with Crippen molar-refractivity contribution < 1.29 is 5.11 Å². The normalized spacial score (nSPS) is 12.0. The van der Waals surface area contributed by atoms with Gasteiger partial charge in [-0.15, -0.1) is 0 Å². The molecule has 0 aliphatic carbocycles. The van der Waals surface area contributed by atoms with Crippen LogP contribution in [0.2, 0.25) is 0 Å². The van der Waals surface area contributed by atoms with Crippen molar-refractivity contribution in [3.63, 3.8) is 0 Å². The van der Waals surface area contributed by atoms with E-state index in [4.69, 9.17) is 0 Å². The molecular weight excluding hydrogens is 76.1 g/mol. The highest BCUT2D eigenvalue weighted by Gasteiger charge is 2.09. The highest BCUT2D eigenvalue weighted by atomic mass is 16.3. The van der Waals surface area contributed by atoms with Crippen molar-refractivity contribution in [2.45, 2.75) is 26.4 Å². The van der Waals surface area contributed by atoms with E-state index in [1.807, 2.05) is 0 Å². The summed E-state index contributed by atoms with van der Waals surface area (Å²) in [5.41, 5.74) is -0.833. The summed E-state index contributed by atoms with van der Waals surface area (Å²) in [5.74, 6) is 0. The van der Waals surface area contributed by atoms with Gasteiger partial charge in [0.25, 0.3) is 0 Å². The first kappa shape index (κ1) is 5.96. The lowest BCUT2D eigenvalue weighted by atomic mass is 10.1. The molecule has 0 saturated heterocycles. The molecule has 0 aromatic heterocycles. The second-order valence-electron chi connectivity index (χ2n) is 1.89. The van der Waals surface area contributed by atoms with Crippen molar-refractivity contribution in [1.82, 2.24) is 0 Å². The summed E-state index contributed by atoms with van der Waals surface area (Å²) in [6.45, 7) is 5.03. The van der Waals surface area contributed by atoms with E-state index in [0.29, 0.717) is 0 Å². The van der Waals surface area contributed by atoms with E-state index < -0.39 is 5.60 Å². The monoisotopic (exact) mass is 86.1 g/mol. The van der Waals surface area contributed by atoms with Gasteiger partial charge < -0.3 is 0 Å². The Kier molecular flexibility index (Phi) is 1.59. The average Bonchev–Trinajstić information content (AvgIpc) is 1.35. The van der Waals surface area contributed by atoms with E-state index in [9.17, 15) is 5.11 Å². The van der Waals surface area contributed by atoms with Crippen molar-refractivity contribution in [3.8, 4) is 0 Å². The molecule has 0 unspecified atom stereocenters. The van der Waals surface area contributed by atoms with Gasteiger partial charge in [0.2, 0.25) is 0 Å². The molecule has 0 amide bonds. The first-order valence-corrected chi connectivity index (χ1v) is 2.07. The predicted octanol–water partition coefficient (Wildman–Crippen LogP) is 1.42. The Hall–Kier alpha value is -0.0400. The molecule has 0 saturated carbocycles. The van der Waals surface area contributed by atoms with Crippen LogP contribution in [0, 0.1) is 6.42 Å². The SMILES string of the molecule is C[CH]C(C)(C)[O]. The fourth-order valence-corrected chi connectivity index (χ4v) is 0. The lowest BCUT2D eigenvalue weighted by Crippen LogP contribution is -2.14. The van der Waals surface area contributed by atoms with Crippen LogP contribution >= 0.6 is 0 Å². The van der Waals surface area contributed by atoms with Gasteiger partial charge in [-0.2, -0.15) is 0 Å². The minimum atomic E-state index is -0.833. The largest absolute Gasteiger partial charge is 0.230 e. The molecule has 0 heterocycles.